The molecule has 0 aliphatic heterocycles. The second-order valence-electron chi connectivity index (χ2n) is 5.69. The van der Waals surface area contributed by atoms with Gasteiger partial charge in [-0.1, -0.05) is 43.6 Å². The van der Waals surface area contributed by atoms with Crippen LogP contribution in [0.4, 0.5) is 5.69 Å². The van der Waals surface area contributed by atoms with E-state index in [4.69, 9.17) is 16.3 Å². The number of esters is 1. The van der Waals surface area contributed by atoms with Gasteiger partial charge in [0, 0.05) is 11.9 Å². The van der Waals surface area contributed by atoms with Crippen LogP contribution >= 0.6 is 11.6 Å². The van der Waals surface area contributed by atoms with Crippen molar-refractivity contribution < 1.29 is 14.3 Å². The van der Waals surface area contributed by atoms with Gasteiger partial charge in [-0.25, -0.2) is 9.78 Å². The van der Waals surface area contributed by atoms with Gasteiger partial charge in [-0.3, -0.25) is 4.79 Å². The molecule has 6 heteroatoms. The van der Waals surface area contributed by atoms with E-state index in [0.717, 1.165) is 16.8 Å². The van der Waals surface area contributed by atoms with Crippen molar-refractivity contribution in [3.63, 3.8) is 0 Å². The number of pyridine rings is 1. The number of amides is 1. The highest BCUT2D eigenvalue weighted by Crippen LogP contribution is 2.27. The van der Waals surface area contributed by atoms with E-state index in [1.165, 1.54) is 18.3 Å². The van der Waals surface area contributed by atoms with Gasteiger partial charge in [0.05, 0.1) is 5.56 Å². The Morgan fingerprint density at radius 1 is 1.25 bits per heavy atom. The van der Waals surface area contributed by atoms with Crippen molar-refractivity contribution in [2.75, 3.05) is 11.9 Å². The van der Waals surface area contributed by atoms with Crippen molar-refractivity contribution in [1.29, 1.82) is 0 Å². The first kappa shape index (κ1) is 17.9. The molecule has 5 nitrogen and oxygen atoms in total. The topological polar surface area (TPSA) is 68.3 Å². The molecule has 1 N–H and O–H groups in total. The predicted octanol–water partition coefficient (Wildman–Crippen LogP) is 3.96. The van der Waals surface area contributed by atoms with Gasteiger partial charge < -0.3 is 10.1 Å². The van der Waals surface area contributed by atoms with Crippen LogP contribution in [0.5, 0.6) is 0 Å². The van der Waals surface area contributed by atoms with Crippen LogP contribution in [0.25, 0.3) is 0 Å². The molecule has 0 bridgehead atoms. The second-order valence-corrected chi connectivity index (χ2v) is 6.07. The van der Waals surface area contributed by atoms with E-state index in [2.05, 4.69) is 24.1 Å². The van der Waals surface area contributed by atoms with Gasteiger partial charge in [-0.2, -0.15) is 0 Å². The van der Waals surface area contributed by atoms with Gasteiger partial charge in [-0.15, -0.1) is 0 Å². The number of benzene rings is 1. The predicted molar refractivity (Wildman–Crippen MR) is 93.4 cm³/mol. The molecule has 0 radical (unpaired) electrons. The molecule has 0 atom stereocenters. The Bertz CT molecular complexity index is 742. The zero-order chi connectivity index (χ0) is 17.7. The summed E-state index contributed by atoms with van der Waals surface area (Å²) in [6.45, 7) is 5.66. The standard InChI is InChI=1S/C18H19ClN2O3/c1-11(2)14-6-4-5-12(3)17(14)21-16(22)10-24-18(23)13-7-8-15(19)20-9-13/h4-9,11H,10H2,1-3H3,(H,21,22). The summed E-state index contributed by atoms with van der Waals surface area (Å²) >= 11 is 5.66. The highest BCUT2D eigenvalue weighted by Gasteiger charge is 2.14. The summed E-state index contributed by atoms with van der Waals surface area (Å²) in [4.78, 5) is 27.8. The lowest BCUT2D eigenvalue weighted by Crippen LogP contribution is -2.22. The Morgan fingerprint density at radius 2 is 2.00 bits per heavy atom. The third kappa shape index (κ3) is 4.55. The molecule has 0 spiro atoms. The van der Waals surface area contributed by atoms with Gasteiger partial charge >= 0.3 is 5.97 Å². The number of para-hydroxylation sites is 1. The number of halogens is 1. The minimum atomic E-state index is -0.622. The molecule has 1 heterocycles. The first-order chi connectivity index (χ1) is 11.4. The molecule has 1 aromatic carbocycles. The number of hydrogen-bond donors (Lipinski definition) is 1. The lowest BCUT2D eigenvalue weighted by molar-refractivity contribution is -0.119. The Balaban J connectivity index is 1.99. The summed E-state index contributed by atoms with van der Waals surface area (Å²) in [6, 6.07) is 8.83. The number of ether oxygens (including phenoxy) is 1. The molecule has 0 aliphatic carbocycles. The van der Waals surface area contributed by atoms with Gasteiger partial charge in [0.25, 0.3) is 5.91 Å². The molecular weight excluding hydrogens is 328 g/mol. The fourth-order valence-corrected chi connectivity index (χ4v) is 2.34. The average molecular weight is 347 g/mol. The summed E-state index contributed by atoms with van der Waals surface area (Å²) in [7, 11) is 0. The first-order valence-electron chi connectivity index (χ1n) is 7.56. The zero-order valence-corrected chi connectivity index (χ0v) is 14.6. The van der Waals surface area contributed by atoms with Crippen molar-refractivity contribution in [1.82, 2.24) is 4.98 Å². The smallest absolute Gasteiger partial charge is 0.340 e. The SMILES string of the molecule is Cc1cccc(C(C)C)c1NC(=O)COC(=O)c1ccc(Cl)nc1. The van der Waals surface area contributed by atoms with Crippen LogP contribution in [0.3, 0.4) is 0 Å². The lowest BCUT2D eigenvalue weighted by atomic mass is 9.98. The molecule has 2 rings (SSSR count). The summed E-state index contributed by atoms with van der Waals surface area (Å²) < 4.78 is 5.01. The number of nitrogens with one attached hydrogen (secondary N) is 1. The van der Waals surface area contributed by atoms with E-state index in [9.17, 15) is 9.59 Å². The highest BCUT2D eigenvalue weighted by atomic mass is 35.5. The van der Waals surface area contributed by atoms with Gasteiger partial charge in [0.2, 0.25) is 0 Å². The third-order valence-corrected chi connectivity index (χ3v) is 3.71. The number of nitrogens with zero attached hydrogens (tertiary/aromatic N) is 1. The number of rotatable bonds is 5. The van der Waals surface area contributed by atoms with Crippen molar-refractivity contribution in [2.45, 2.75) is 26.7 Å². The number of hydrogen-bond acceptors (Lipinski definition) is 4. The molecule has 2 aromatic rings. The zero-order valence-electron chi connectivity index (χ0n) is 13.8. The van der Waals surface area contributed by atoms with E-state index in [0.29, 0.717) is 0 Å². The molecule has 24 heavy (non-hydrogen) atoms. The Kier molecular flexibility index (Phi) is 5.93. The lowest BCUT2D eigenvalue weighted by Gasteiger charge is -2.16. The number of aryl methyl sites for hydroxylation is 1. The molecule has 1 amide bonds. The Hall–Kier alpha value is -2.40. The molecule has 0 unspecified atom stereocenters. The van der Waals surface area contributed by atoms with Crippen LogP contribution in [0, 0.1) is 6.92 Å². The van der Waals surface area contributed by atoms with Crippen LogP contribution in [0.1, 0.15) is 41.3 Å². The fourth-order valence-electron chi connectivity index (χ4n) is 2.23. The molecule has 0 saturated heterocycles. The summed E-state index contributed by atoms with van der Waals surface area (Å²) in [6.07, 6.45) is 1.31. The summed E-state index contributed by atoms with van der Waals surface area (Å²) in [5.74, 6) is -0.743. The number of carbonyl (C=O) groups excluding carboxylic acids is 2. The van der Waals surface area contributed by atoms with Crippen molar-refractivity contribution >= 4 is 29.2 Å². The van der Waals surface area contributed by atoms with Gasteiger partial charge in [0.15, 0.2) is 6.61 Å². The molecule has 126 valence electrons. The monoisotopic (exact) mass is 346 g/mol. The quantitative estimate of drug-likeness (QED) is 0.657. The largest absolute Gasteiger partial charge is 0.452 e. The third-order valence-electron chi connectivity index (χ3n) is 3.49. The summed E-state index contributed by atoms with van der Waals surface area (Å²) in [5, 5.41) is 3.11. The molecule has 1 aromatic heterocycles. The molecule has 0 aliphatic rings. The Labute approximate surface area is 146 Å². The van der Waals surface area contributed by atoms with E-state index in [1.807, 2.05) is 25.1 Å². The molecular formula is C18H19ClN2O3. The fraction of sp³-hybridized carbons (Fsp3) is 0.278. The van der Waals surface area contributed by atoms with Crippen LogP contribution in [-0.4, -0.2) is 23.5 Å². The Morgan fingerprint density at radius 3 is 2.62 bits per heavy atom. The van der Waals surface area contributed by atoms with Gasteiger partial charge in [-0.05, 0) is 36.1 Å². The maximum absolute atomic E-state index is 12.1. The maximum Gasteiger partial charge on any atom is 0.340 e. The second kappa shape index (κ2) is 7.93. The van der Waals surface area contributed by atoms with E-state index in [1.54, 1.807) is 0 Å². The molecule has 0 fully saturated rings. The van der Waals surface area contributed by atoms with E-state index in [-0.39, 0.29) is 29.1 Å². The minimum absolute atomic E-state index is 0.242. The first-order valence-corrected chi connectivity index (χ1v) is 7.94. The van der Waals surface area contributed by atoms with Crippen molar-refractivity contribution in [2.24, 2.45) is 0 Å². The van der Waals surface area contributed by atoms with E-state index < -0.39 is 5.97 Å². The van der Waals surface area contributed by atoms with Crippen molar-refractivity contribution in [3.8, 4) is 0 Å². The average Bonchev–Trinajstić information content (AvgIpc) is 2.55. The normalized spacial score (nSPS) is 10.5. The molecule has 0 saturated carbocycles. The summed E-state index contributed by atoms with van der Waals surface area (Å²) in [5.41, 5.74) is 3.01. The highest BCUT2D eigenvalue weighted by molar-refractivity contribution is 6.29. The number of aromatic nitrogens is 1. The van der Waals surface area contributed by atoms with E-state index >= 15 is 0 Å². The van der Waals surface area contributed by atoms with Gasteiger partial charge in [0.1, 0.15) is 5.15 Å². The van der Waals surface area contributed by atoms with Crippen LogP contribution in [-0.2, 0) is 9.53 Å². The maximum atomic E-state index is 12.1. The van der Waals surface area contributed by atoms with Crippen LogP contribution in [0.15, 0.2) is 36.5 Å². The van der Waals surface area contributed by atoms with Crippen LogP contribution in [0.2, 0.25) is 5.15 Å². The number of anilines is 1. The van der Waals surface area contributed by atoms with Crippen molar-refractivity contribution in [3.05, 3.63) is 58.4 Å². The number of carbonyl (C=O) groups is 2. The minimum Gasteiger partial charge on any atom is -0.452 e. The van der Waals surface area contributed by atoms with Crippen LogP contribution < -0.4 is 5.32 Å².